The Kier molecular flexibility index (Phi) is 7.60. The molecule has 1 heterocycles. The monoisotopic (exact) mass is 299 g/mol. The molecule has 0 aliphatic carbocycles. The summed E-state index contributed by atoms with van der Waals surface area (Å²) in [5.41, 5.74) is 5.52. The molecule has 2 N–H and O–H groups in total. The van der Waals surface area contributed by atoms with E-state index in [2.05, 4.69) is 9.47 Å². The van der Waals surface area contributed by atoms with Gasteiger partial charge < -0.3 is 15.2 Å². The predicted molar refractivity (Wildman–Crippen MR) is 71.7 cm³/mol. The van der Waals surface area contributed by atoms with Crippen molar-refractivity contribution in [2.24, 2.45) is 5.73 Å². The molecule has 0 aromatic carbocycles. The van der Waals surface area contributed by atoms with Gasteiger partial charge in [-0.2, -0.15) is 0 Å². The Hall–Kier alpha value is -1.76. The molecule has 7 heteroatoms. The highest BCUT2D eigenvalue weighted by atomic mass is 16.6. The molecule has 1 atom stereocenters. The summed E-state index contributed by atoms with van der Waals surface area (Å²) in [4.78, 5) is 45.7. The SMILES string of the molecule is N[C@H]1CCC(=O)OC(=O)CCCCCCCC(=O)OC1=O. The Labute approximate surface area is 123 Å². The highest BCUT2D eigenvalue weighted by Gasteiger charge is 2.21. The van der Waals surface area contributed by atoms with Crippen LogP contribution in [0.5, 0.6) is 0 Å². The molecule has 0 aromatic rings. The third-order valence-electron chi connectivity index (χ3n) is 3.17. The Morgan fingerprint density at radius 3 is 1.81 bits per heavy atom. The van der Waals surface area contributed by atoms with Gasteiger partial charge in [0.15, 0.2) is 0 Å². The minimum absolute atomic E-state index is 0.0295. The normalized spacial score (nSPS) is 24.3. The zero-order chi connectivity index (χ0) is 15.7. The Morgan fingerprint density at radius 1 is 0.714 bits per heavy atom. The molecular weight excluding hydrogens is 278 g/mol. The molecule has 1 fully saturated rings. The van der Waals surface area contributed by atoms with Gasteiger partial charge in [-0.15, -0.1) is 0 Å². The molecule has 0 radical (unpaired) electrons. The minimum Gasteiger partial charge on any atom is -0.393 e. The van der Waals surface area contributed by atoms with Crippen molar-refractivity contribution in [3.8, 4) is 0 Å². The molecular formula is C14H21NO6. The highest BCUT2D eigenvalue weighted by molar-refractivity contribution is 5.89. The summed E-state index contributed by atoms with van der Waals surface area (Å²) in [6.07, 6.45) is 3.93. The van der Waals surface area contributed by atoms with E-state index in [4.69, 9.17) is 5.73 Å². The first-order valence-corrected chi connectivity index (χ1v) is 7.22. The van der Waals surface area contributed by atoms with Crippen LogP contribution in [-0.2, 0) is 28.7 Å². The topological polar surface area (TPSA) is 113 Å². The first-order valence-electron chi connectivity index (χ1n) is 7.22. The van der Waals surface area contributed by atoms with Gasteiger partial charge in [0.2, 0.25) is 0 Å². The van der Waals surface area contributed by atoms with Crippen LogP contribution in [0.4, 0.5) is 0 Å². The van der Waals surface area contributed by atoms with E-state index in [0.717, 1.165) is 19.3 Å². The lowest BCUT2D eigenvalue weighted by Gasteiger charge is -2.10. The van der Waals surface area contributed by atoms with Crippen molar-refractivity contribution >= 4 is 23.9 Å². The van der Waals surface area contributed by atoms with Crippen LogP contribution in [0, 0.1) is 0 Å². The van der Waals surface area contributed by atoms with Crippen LogP contribution in [-0.4, -0.2) is 29.9 Å². The van der Waals surface area contributed by atoms with Crippen LogP contribution in [0.15, 0.2) is 0 Å². The van der Waals surface area contributed by atoms with Gasteiger partial charge in [0.1, 0.15) is 6.04 Å². The second-order valence-electron chi connectivity index (χ2n) is 5.05. The number of hydrogen-bond donors (Lipinski definition) is 1. The van der Waals surface area contributed by atoms with E-state index in [-0.39, 0.29) is 25.7 Å². The van der Waals surface area contributed by atoms with Crippen LogP contribution >= 0.6 is 0 Å². The summed E-state index contributed by atoms with van der Waals surface area (Å²) in [6, 6.07) is -1.08. The van der Waals surface area contributed by atoms with Crippen LogP contribution in [0.1, 0.15) is 57.8 Å². The van der Waals surface area contributed by atoms with Gasteiger partial charge in [0.25, 0.3) is 0 Å². The second kappa shape index (κ2) is 9.23. The summed E-state index contributed by atoms with van der Waals surface area (Å²) >= 11 is 0. The van der Waals surface area contributed by atoms with E-state index < -0.39 is 29.9 Å². The molecule has 0 spiro atoms. The van der Waals surface area contributed by atoms with E-state index in [1.54, 1.807) is 0 Å². The van der Waals surface area contributed by atoms with Crippen LogP contribution in [0.2, 0.25) is 0 Å². The van der Waals surface area contributed by atoms with Gasteiger partial charge in [-0.25, -0.2) is 4.79 Å². The minimum atomic E-state index is -1.08. The fourth-order valence-electron chi connectivity index (χ4n) is 1.93. The zero-order valence-corrected chi connectivity index (χ0v) is 12.0. The van der Waals surface area contributed by atoms with E-state index in [1.165, 1.54) is 0 Å². The van der Waals surface area contributed by atoms with E-state index in [1.807, 2.05) is 0 Å². The fourth-order valence-corrected chi connectivity index (χ4v) is 1.93. The van der Waals surface area contributed by atoms with Crippen molar-refractivity contribution in [1.29, 1.82) is 0 Å². The Balaban J connectivity index is 2.53. The fraction of sp³-hybridized carbons (Fsp3) is 0.714. The number of rotatable bonds is 0. The van der Waals surface area contributed by atoms with Crippen LogP contribution < -0.4 is 5.73 Å². The third kappa shape index (κ3) is 7.55. The van der Waals surface area contributed by atoms with Crippen molar-refractivity contribution in [3.05, 3.63) is 0 Å². The Bertz CT molecular complexity index is 406. The third-order valence-corrected chi connectivity index (χ3v) is 3.17. The largest absolute Gasteiger partial charge is 0.393 e. The summed E-state index contributed by atoms with van der Waals surface area (Å²) in [7, 11) is 0. The number of carbonyl (C=O) groups is 4. The summed E-state index contributed by atoms with van der Waals surface area (Å²) in [5.74, 6) is -2.73. The van der Waals surface area contributed by atoms with Crippen molar-refractivity contribution < 1.29 is 28.7 Å². The first-order chi connectivity index (χ1) is 9.99. The molecule has 1 aliphatic heterocycles. The molecule has 21 heavy (non-hydrogen) atoms. The van der Waals surface area contributed by atoms with Crippen LogP contribution in [0.3, 0.4) is 0 Å². The molecule has 0 bridgehead atoms. The molecule has 7 nitrogen and oxygen atoms in total. The number of carbonyl (C=O) groups excluding carboxylic acids is 4. The standard InChI is InChI=1S/C14H21NO6/c15-10-8-9-13(18)20-11(16)6-4-2-1-3-5-7-12(17)21-14(10)19/h10H,1-9,15H2/t10-/m0/s1. The summed E-state index contributed by atoms with van der Waals surface area (Å²) in [5, 5.41) is 0. The average molecular weight is 299 g/mol. The molecule has 118 valence electrons. The van der Waals surface area contributed by atoms with Gasteiger partial charge in [0, 0.05) is 19.3 Å². The van der Waals surface area contributed by atoms with Crippen molar-refractivity contribution in [2.45, 2.75) is 63.8 Å². The maximum Gasteiger partial charge on any atom is 0.330 e. The maximum atomic E-state index is 11.5. The summed E-state index contributed by atoms with van der Waals surface area (Å²) < 4.78 is 9.20. The summed E-state index contributed by atoms with van der Waals surface area (Å²) in [6.45, 7) is 0. The number of cyclic esters (lactones) is 4. The lowest BCUT2D eigenvalue weighted by Crippen LogP contribution is -2.34. The van der Waals surface area contributed by atoms with Gasteiger partial charge in [0.05, 0.1) is 0 Å². The number of hydrogen-bond acceptors (Lipinski definition) is 7. The molecule has 0 unspecified atom stereocenters. The van der Waals surface area contributed by atoms with Crippen LogP contribution in [0.25, 0.3) is 0 Å². The Morgan fingerprint density at radius 2 is 1.19 bits per heavy atom. The van der Waals surface area contributed by atoms with Crippen molar-refractivity contribution in [2.75, 3.05) is 0 Å². The predicted octanol–water partition coefficient (Wildman–Crippen LogP) is 0.978. The lowest BCUT2D eigenvalue weighted by molar-refractivity contribution is -0.160. The molecule has 1 saturated heterocycles. The molecule has 1 aliphatic rings. The number of nitrogens with two attached hydrogens (primary N) is 1. The van der Waals surface area contributed by atoms with Gasteiger partial charge in [-0.05, 0) is 19.3 Å². The quantitative estimate of drug-likeness (QED) is 0.524. The molecule has 0 aromatic heterocycles. The average Bonchev–Trinajstić information content (AvgIpc) is 2.42. The molecule has 0 amide bonds. The maximum absolute atomic E-state index is 11.5. The smallest absolute Gasteiger partial charge is 0.330 e. The molecule has 0 saturated carbocycles. The van der Waals surface area contributed by atoms with Gasteiger partial charge in [-0.3, -0.25) is 14.4 Å². The first kappa shape index (κ1) is 17.3. The van der Waals surface area contributed by atoms with Gasteiger partial charge in [-0.1, -0.05) is 19.3 Å². The highest BCUT2D eigenvalue weighted by Crippen LogP contribution is 2.10. The van der Waals surface area contributed by atoms with E-state index in [9.17, 15) is 19.2 Å². The van der Waals surface area contributed by atoms with Crippen molar-refractivity contribution in [1.82, 2.24) is 0 Å². The zero-order valence-electron chi connectivity index (χ0n) is 12.0. The number of ether oxygens (including phenoxy) is 2. The number of esters is 4. The van der Waals surface area contributed by atoms with E-state index >= 15 is 0 Å². The lowest BCUT2D eigenvalue weighted by atomic mass is 10.1. The second-order valence-corrected chi connectivity index (χ2v) is 5.05. The van der Waals surface area contributed by atoms with Gasteiger partial charge >= 0.3 is 23.9 Å². The molecule has 1 rings (SSSR count). The van der Waals surface area contributed by atoms with Crippen molar-refractivity contribution in [3.63, 3.8) is 0 Å². The van der Waals surface area contributed by atoms with E-state index in [0.29, 0.717) is 12.8 Å².